The molecule has 8 heteroatoms. The van der Waals surface area contributed by atoms with Gasteiger partial charge in [0.25, 0.3) is 5.91 Å². The van der Waals surface area contributed by atoms with Gasteiger partial charge in [-0.2, -0.15) is 5.10 Å². The summed E-state index contributed by atoms with van der Waals surface area (Å²) in [6.45, 7) is 2.02. The van der Waals surface area contributed by atoms with Crippen molar-refractivity contribution in [3.63, 3.8) is 0 Å². The highest BCUT2D eigenvalue weighted by molar-refractivity contribution is 6.06. The van der Waals surface area contributed by atoms with E-state index in [0.717, 1.165) is 59.7 Å². The molecule has 0 spiro atoms. The van der Waals surface area contributed by atoms with Gasteiger partial charge in [-0.1, -0.05) is 67.1 Å². The Bertz CT molecular complexity index is 1520. The summed E-state index contributed by atoms with van der Waals surface area (Å²) in [5, 5.41) is 17.2. The van der Waals surface area contributed by atoms with Gasteiger partial charge < -0.3 is 9.88 Å². The molecule has 1 N–H and O–H groups in total. The van der Waals surface area contributed by atoms with Crippen LogP contribution in [0.3, 0.4) is 0 Å². The third kappa shape index (κ3) is 4.87. The average molecular weight is 492 g/mol. The Labute approximate surface area is 215 Å². The second-order valence-electron chi connectivity index (χ2n) is 9.45. The van der Waals surface area contributed by atoms with Crippen LogP contribution in [0.2, 0.25) is 0 Å². The van der Waals surface area contributed by atoms with Crippen molar-refractivity contribution in [3.8, 4) is 11.3 Å². The molecule has 2 aromatic carbocycles. The molecule has 186 valence electrons. The van der Waals surface area contributed by atoms with E-state index in [1.807, 2.05) is 59.3 Å². The number of hydrogen-bond acceptors (Lipinski definition) is 5. The van der Waals surface area contributed by atoms with Gasteiger partial charge in [0, 0.05) is 31.5 Å². The standard InChI is InChI=1S/C29H29N7O/c37-29(30-16-15-27-34-33-26-14-8-3-9-17-35(26)27)23-18-25(22-12-6-2-7-13-22)32-28-24(23)19-31-36(28)20-21-10-4-1-5-11-21/h1-2,4-7,10-13,18-19H,3,8-9,14-17,20H2,(H,30,37). The third-order valence-corrected chi connectivity index (χ3v) is 6.92. The van der Waals surface area contributed by atoms with Crippen LogP contribution in [0.1, 0.15) is 46.8 Å². The smallest absolute Gasteiger partial charge is 0.252 e. The second-order valence-corrected chi connectivity index (χ2v) is 9.45. The molecule has 0 saturated heterocycles. The van der Waals surface area contributed by atoms with Crippen molar-refractivity contribution < 1.29 is 4.79 Å². The lowest BCUT2D eigenvalue weighted by atomic mass is 10.1. The van der Waals surface area contributed by atoms with Gasteiger partial charge in [0.15, 0.2) is 5.65 Å². The van der Waals surface area contributed by atoms with Crippen LogP contribution < -0.4 is 5.32 Å². The van der Waals surface area contributed by atoms with E-state index in [9.17, 15) is 4.79 Å². The summed E-state index contributed by atoms with van der Waals surface area (Å²) in [7, 11) is 0. The molecule has 5 aromatic rings. The number of pyridine rings is 1. The van der Waals surface area contributed by atoms with E-state index in [1.165, 1.54) is 6.42 Å². The molecule has 0 saturated carbocycles. The fourth-order valence-electron chi connectivity index (χ4n) is 4.98. The van der Waals surface area contributed by atoms with Gasteiger partial charge in [-0.05, 0) is 24.5 Å². The van der Waals surface area contributed by atoms with Gasteiger partial charge in [0.1, 0.15) is 11.6 Å². The fraction of sp³-hybridized carbons (Fsp3) is 0.276. The summed E-state index contributed by atoms with van der Waals surface area (Å²) in [4.78, 5) is 18.4. The molecule has 4 heterocycles. The highest BCUT2D eigenvalue weighted by Gasteiger charge is 2.19. The van der Waals surface area contributed by atoms with Crippen LogP contribution in [0, 0.1) is 0 Å². The van der Waals surface area contributed by atoms with Gasteiger partial charge in [0.05, 0.1) is 29.4 Å². The molecular formula is C29H29N7O. The number of carbonyl (C=O) groups excluding carboxylic acids is 1. The molecule has 0 bridgehead atoms. The number of rotatable bonds is 7. The first-order chi connectivity index (χ1) is 18.3. The van der Waals surface area contributed by atoms with Crippen LogP contribution in [-0.4, -0.2) is 42.0 Å². The molecule has 1 aliphatic heterocycles. The predicted molar refractivity (Wildman–Crippen MR) is 142 cm³/mol. The Hall–Kier alpha value is -4.33. The van der Waals surface area contributed by atoms with E-state index >= 15 is 0 Å². The van der Waals surface area contributed by atoms with Gasteiger partial charge in [-0.15, -0.1) is 10.2 Å². The number of fused-ring (bicyclic) bond motifs is 2. The zero-order valence-corrected chi connectivity index (χ0v) is 20.7. The van der Waals surface area contributed by atoms with Crippen molar-refractivity contribution in [1.29, 1.82) is 0 Å². The van der Waals surface area contributed by atoms with Crippen LogP contribution in [-0.2, 0) is 25.9 Å². The van der Waals surface area contributed by atoms with Gasteiger partial charge in [-0.25, -0.2) is 9.67 Å². The zero-order chi connectivity index (χ0) is 25.0. The van der Waals surface area contributed by atoms with E-state index in [1.54, 1.807) is 6.20 Å². The van der Waals surface area contributed by atoms with E-state index in [0.29, 0.717) is 30.7 Å². The first kappa shape index (κ1) is 23.1. The lowest BCUT2D eigenvalue weighted by Crippen LogP contribution is -2.27. The van der Waals surface area contributed by atoms with Crippen LogP contribution in [0.25, 0.3) is 22.3 Å². The Balaban J connectivity index is 1.28. The summed E-state index contributed by atoms with van der Waals surface area (Å²) < 4.78 is 4.09. The maximum atomic E-state index is 13.5. The minimum atomic E-state index is -0.139. The van der Waals surface area contributed by atoms with Crippen molar-refractivity contribution >= 4 is 16.9 Å². The summed E-state index contributed by atoms with van der Waals surface area (Å²) in [5.74, 6) is 1.87. The number of carbonyl (C=O) groups is 1. The Morgan fingerprint density at radius 3 is 2.59 bits per heavy atom. The number of nitrogens with zero attached hydrogens (tertiary/aromatic N) is 6. The quantitative estimate of drug-likeness (QED) is 0.364. The SMILES string of the molecule is O=C(NCCc1nnc2n1CCCCC2)c1cc(-c2ccccc2)nc2c1cnn2Cc1ccccc1. The predicted octanol–water partition coefficient (Wildman–Crippen LogP) is 4.44. The topological polar surface area (TPSA) is 90.5 Å². The molecular weight excluding hydrogens is 462 g/mol. The van der Waals surface area contributed by atoms with Crippen LogP contribution in [0.4, 0.5) is 0 Å². The molecule has 8 nitrogen and oxygen atoms in total. The first-order valence-corrected chi connectivity index (χ1v) is 12.9. The van der Waals surface area contributed by atoms with Crippen molar-refractivity contribution in [2.45, 2.75) is 45.2 Å². The highest BCUT2D eigenvalue weighted by atomic mass is 16.1. The molecule has 1 amide bonds. The number of aromatic nitrogens is 6. The lowest BCUT2D eigenvalue weighted by Gasteiger charge is -2.11. The van der Waals surface area contributed by atoms with E-state index < -0.39 is 0 Å². The van der Waals surface area contributed by atoms with Crippen molar-refractivity contribution in [1.82, 2.24) is 34.8 Å². The Morgan fingerprint density at radius 1 is 0.946 bits per heavy atom. The Morgan fingerprint density at radius 2 is 1.76 bits per heavy atom. The molecule has 0 radical (unpaired) electrons. The van der Waals surface area contributed by atoms with Crippen molar-refractivity contribution in [3.05, 3.63) is 95.7 Å². The second kappa shape index (κ2) is 10.3. The monoisotopic (exact) mass is 491 g/mol. The summed E-state index contributed by atoms with van der Waals surface area (Å²) >= 11 is 0. The number of hydrogen-bond donors (Lipinski definition) is 1. The molecule has 0 unspecified atom stereocenters. The first-order valence-electron chi connectivity index (χ1n) is 12.9. The van der Waals surface area contributed by atoms with E-state index in [4.69, 9.17) is 4.98 Å². The van der Waals surface area contributed by atoms with E-state index in [-0.39, 0.29) is 5.91 Å². The number of amides is 1. The lowest BCUT2D eigenvalue weighted by molar-refractivity contribution is 0.0955. The minimum absolute atomic E-state index is 0.139. The fourth-order valence-corrected chi connectivity index (χ4v) is 4.98. The normalized spacial score (nSPS) is 13.3. The molecule has 0 aliphatic carbocycles. The van der Waals surface area contributed by atoms with Crippen molar-refractivity contribution in [2.24, 2.45) is 0 Å². The number of nitrogens with one attached hydrogen (secondary N) is 1. The summed E-state index contributed by atoms with van der Waals surface area (Å²) in [6.07, 6.45) is 6.89. The maximum Gasteiger partial charge on any atom is 0.252 e. The zero-order valence-electron chi connectivity index (χ0n) is 20.7. The van der Waals surface area contributed by atoms with Gasteiger partial charge in [-0.3, -0.25) is 4.79 Å². The van der Waals surface area contributed by atoms with Crippen LogP contribution in [0.5, 0.6) is 0 Å². The largest absolute Gasteiger partial charge is 0.352 e. The molecule has 37 heavy (non-hydrogen) atoms. The van der Waals surface area contributed by atoms with Gasteiger partial charge >= 0.3 is 0 Å². The van der Waals surface area contributed by atoms with Crippen LogP contribution >= 0.6 is 0 Å². The molecule has 3 aromatic heterocycles. The van der Waals surface area contributed by atoms with Crippen molar-refractivity contribution in [2.75, 3.05) is 6.54 Å². The molecule has 1 aliphatic rings. The Kier molecular flexibility index (Phi) is 6.45. The number of aryl methyl sites for hydroxylation is 1. The summed E-state index contributed by atoms with van der Waals surface area (Å²) in [5.41, 5.74) is 4.09. The molecule has 0 atom stereocenters. The minimum Gasteiger partial charge on any atom is -0.352 e. The third-order valence-electron chi connectivity index (χ3n) is 6.92. The van der Waals surface area contributed by atoms with Gasteiger partial charge in [0.2, 0.25) is 0 Å². The average Bonchev–Trinajstić information content (AvgIpc) is 3.44. The highest BCUT2D eigenvalue weighted by Crippen LogP contribution is 2.25. The molecule has 6 rings (SSSR count). The number of benzene rings is 2. The maximum absolute atomic E-state index is 13.5. The summed E-state index contributed by atoms with van der Waals surface area (Å²) in [6, 6.07) is 21.9. The molecule has 0 fully saturated rings. The van der Waals surface area contributed by atoms with E-state index in [2.05, 4.69) is 37.3 Å². The van der Waals surface area contributed by atoms with Crippen LogP contribution in [0.15, 0.2) is 72.9 Å².